The molecular weight excluding hydrogens is 176 g/mol. The molecule has 4 atom stereocenters. The van der Waals surface area contributed by atoms with Gasteiger partial charge >= 0.3 is 0 Å². The van der Waals surface area contributed by atoms with Crippen molar-refractivity contribution in [2.24, 2.45) is 17.8 Å². The van der Waals surface area contributed by atoms with E-state index in [-0.39, 0.29) is 0 Å². The molecule has 0 radical (unpaired) electrons. The number of thioether (sulfide) groups is 1. The highest BCUT2D eigenvalue weighted by Gasteiger charge is 2.49. The van der Waals surface area contributed by atoms with Crippen LogP contribution < -0.4 is 0 Å². The Morgan fingerprint density at radius 3 is 2.77 bits per heavy atom. The fraction of sp³-hybridized carbons (Fsp3) is 0.833. The van der Waals surface area contributed by atoms with Crippen LogP contribution in [0.15, 0.2) is 11.1 Å². The summed E-state index contributed by atoms with van der Waals surface area (Å²) < 4.78 is 0. The van der Waals surface area contributed by atoms with Crippen LogP contribution in [0.25, 0.3) is 0 Å². The maximum atomic E-state index is 2.47. The van der Waals surface area contributed by atoms with Crippen LogP contribution in [0.5, 0.6) is 0 Å². The summed E-state index contributed by atoms with van der Waals surface area (Å²) in [5, 5.41) is 0.995. The third-order valence-electron chi connectivity index (χ3n) is 4.51. The van der Waals surface area contributed by atoms with Crippen LogP contribution in [0.4, 0.5) is 0 Å². The van der Waals surface area contributed by atoms with Crippen molar-refractivity contribution >= 4 is 11.8 Å². The molecule has 0 bridgehead atoms. The number of hydrogen-bond acceptors (Lipinski definition) is 1. The predicted octanol–water partition coefficient (Wildman–Crippen LogP) is 3.48. The second kappa shape index (κ2) is 2.79. The van der Waals surface area contributed by atoms with Crippen molar-refractivity contribution in [2.45, 2.75) is 37.9 Å². The first-order chi connectivity index (χ1) is 6.31. The average molecular weight is 194 g/mol. The number of hydrogen-bond donors (Lipinski definition) is 0. The second-order valence-electron chi connectivity index (χ2n) is 5.00. The van der Waals surface area contributed by atoms with Gasteiger partial charge in [-0.1, -0.05) is 18.1 Å². The third-order valence-corrected chi connectivity index (χ3v) is 5.62. The van der Waals surface area contributed by atoms with Gasteiger partial charge in [-0.2, -0.15) is 11.8 Å². The van der Waals surface area contributed by atoms with Crippen LogP contribution in [0, 0.1) is 17.8 Å². The lowest BCUT2D eigenvalue weighted by molar-refractivity contribution is 0.122. The minimum Gasteiger partial charge on any atom is -0.162 e. The monoisotopic (exact) mass is 194 g/mol. The molecule has 0 aromatic heterocycles. The molecule has 13 heavy (non-hydrogen) atoms. The molecule has 3 aliphatic carbocycles. The Bertz CT molecular complexity index is 266. The maximum Gasteiger partial charge on any atom is 0.00867 e. The molecule has 3 rings (SSSR count). The van der Waals surface area contributed by atoms with Crippen molar-refractivity contribution < 1.29 is 0 Å². The van der Waals surface area contributed by atoms with Crippen LogP contribution in [0.3, 0.4) is 0 Å². The van der Waals surface area contributed by atoms with Crippen LogP contribution in [0.2, 0.25) is 0 Å². The first-order valence-electron chi connectivity index (χ1n) is 5.55. The van der Waals surface area contributed by atoms with E-state index in [1.807, 2.05) is 11.1 Å². The van der Waals surface area contributed by atoms with Gasteiger partial charge in [0.2, 0.25) is 0 Å². The van der Waals surface area contributed by atoms with Crippen LogP contribution >= 0.6 is 11.8 Å². The Morgan fingerprint density at radius 2 is 2.15 bits per heavy atom. The Labute approximate surface area is 85.2 Å². The van der Waals surface area contributed by atoms with Gasteiger partial charge in [-0.05, 0) is 49.7 Å². The highest BCUT2D eigenvalue weighted by atomic mass is 32.2. The molecular formula is C12H18S. The quantitative estimate of drug-likeness (QED) is 0.576. The standard InChI is InChI=1S/C12H18S/c1-7-5-8-3-4-9(8)10-6-11(13-2)12(7)10/h7,10-12H,3-6H2,1-2H3/t7-,10?,11+,12?/m1/s1. The molecule has 0 aromatic carbocycles. The fourth-order valence-corrected chi connectivity index (χ4v) is 4.84. The number of fused-ring (bicyclic) bond motifs is 2. The largest absolute Gasteiger partial charge is 0.162 e. The summed E-state index contributed by atoms with van der Waals surface area (Å²) in [7, 11) is 0. The van der Waals surface area contributed by atoms with E-state index in [4.69, 9.17) is 0 Å². The topological polar surface area (TPSA) is 0 Å². The number of rotatable bonds is 1. The Kier molecular flexibility index (Phi) is 1.80. The Hall–Kier alpha value is 0.0900. The zero-order valence-corrected chi connectivity index (χ0v) is 9.36. The van der Waals surface area contributed by atoms with E-state index in [2.05, 4.69) is 24.9 Å². The zero-order valence-electron chi connectivity index (χ0n) is 8.55. The average Bonchev–Trinajstić information content (AvgIpc) is 2.03. The zero-order chi connectivity index (χ0) is 9.00. The lowest BCUT2D eigenvalue weighted by Gasteiger charge is -2.55. The lowest BCUT2D eigenvalue weighted by Crippen LogP contribution is -2.48. The minimum absolute atomic E-state index is 0.982. The molecule has 0 aromatic rings. The summed E-state index contributed by atoms with van der Waals surface area (Å²) >= 11 is 2.11. The molecule has 0 spiro atoms. The van der Waals surface area contributed by atoms with E-state index < -0.39 is 0 Å². The van der Waals surface area contributed by atoms with Crippen molar-refractivity contribution in [2.75, 3.05) is 6.26 Å². The van der Waals surface area contributed by atoms with E-state index in [9.17, 15) is 0 Å². The van der Waals surface area contributed by atoms with Crippen molar-refractivity contribution in [3.63, 3.8) is 0 Å². The van der Waals surface area contributed by atoms with E-state index >= 15 is 0 Å². The molecule has 72 valence electrons. The van der Waals surface area contributed by atoms with Gasteiger partial charge in [0.25, 0.3) is 0 Å². The first-order valence-corrected chi connectivity index (χ1v) is 6.83. The highest BCUT2D eigenvalue weighted by Crippen LogP contribution is 2.58. The summed E-state index contributed by atoms with van der Waals surface area (Å²) in [6.07, 6.45) is 8.11. The second-order valence-corrected chi connectivity index (χ2v) is 6.08. The van der Waals surface area contributed by atoms with Crippen LogP contribution in [0.1, 0.15) is 32.6 Å². The highest BCUT2D eigenvalue weighted by molar-refractivity contribution is 7.99. The van der Waals surface area contributed by atoms with Crippen molar-refractivity contribution in [3.8, 4) is 0 Å². The molecule has 0 heterocycles. The van der Waals surface area contributed by atoms with Crippen LogP contribution in [-0.2, 0) is 0 Å². The van der Waals surface area contributed by atoms with E-state index in [0.717, 1.165) is 23.0 Å². The fourth-order valence-electron chi connectivity index (χ4n) is 3.67. The van der Waals surface area contributed by atoms with E-state index in [1.54, 1.807) is 0 Å². The predicted molar refractivity (Wildman–Crippen MR) is 58.9 cm³/mol. The lowest BCUT2D eigenvalue weighted by atomic mass is 9.54. The molecule has 2 unspecified atom stereocenters. The molecule has 0 amide bonds. The van der Waals surface area contributed by atoms with Gasteiger partial charge in [-0.3, -0.25) is 0 Å². The Balaban J connectivity index is 1.85. The molecule has 1 saturated carbocycles. The number of allylic oxidation sites excluding steroid dienone is 2. The minimum atomic E-state index is 0.982. The summed E-state index contributed by atoms with van der Waals surface area (Å²) in [6, 6.07) is 0. The summed E-state index contributed by atoms with van der Waals surface area (Å²) in [6.45, 7) is 2.47. The van der Waals surface area contributed by atoms with Gasteiger partial charge in [-0.25, -0.2) is 0 Å². The SMILES string of the molecule is CS[C@H]1CC2C3=C(CC3)C[C@@H](C)C21. The molecule has 0 saturated heterocycles. The van der Waals surface area contributed by atoms with Gasteiger partial charge in [0.05, 0.1) is 0 Å². The van der Waals surface area contributed by atoms with Gasteiger partial charge < -0.3 is 0 Å². The van der Waals surface area contributed by atoms with E-state index in [0.29, 0.717) is 0 Å². The van der Waals surface area contributed by atoms with Gasteiger partial charge in [0, 0.05) is 5.25 Å². The molecule has 0 N–H and O–H groups in total. The van der Waals surface area contributed by atoms with Crippen molar-refractivity contribution in [1.82, 2.24) is 0 Å². The normalized spacial score (nSPS) is 47.5. The van der Waals surface area contributed by atoms with Crippen LogP contribution in [-0.4, -0.2) is 11.5 Å². The Morgan fingerprint density at radius 1 is 1.31 bits per heavy atom. The first kappa shape index (κ1) is 8.40. The van der Waals surface area contributed by atoms with Gasteiger partial charge in [0.1, 0.15) is 0 Å². The molecule has 3 aliphatic rings. The summed E-state index contributed by atoms with van der Waals surface area (Å²) in [4.78, 5) is 0. The van der Waals surface area contributed by atoms with Crippen molar-refractivity contribution in [3.05, 3.63) is 11.1 Å². The molecule has 1 fully saturated rings. The molecule has 1 heteroatoms. The van der Waals surface area contributed by atoms with E-state index in [1.165, 1.54) is 25.7 Å². The molecule has 0 aliphatic heterocycles. The summed E-state index contributed by atoms with van der Waals surface area (Å²) in [5.41, 5.74) is 3.75. The van der Waals surface area contributed by atoms with Crippen molar-refractivity contribution in [1.29, 1.82) is 0 Å². The summed E-state index contributed by atoms with van der Waals surface area (Å²) in [5.74, 6) is 3.06. The smallest absolute Gasteiger partial charge is 0.00867 e. The molecule has 0 nitrogen and oxygen atoms in total. The maximum absolute atomic E-state index is 2.47. The van der Waals surface area contributed by atoms with Gasteiger partial charge in [0.15, 0.2) is 0 Å². The third kappa shape index (κ3) is 1.000. The van der Waals surface area contributed by atoms with Gasteiger partial charge in [-0.15, -0.1) is 0 Å².